The third kappa shape index (κ3) is 6.25. The van der Waals surface area contributed by atoms with Gasteiger partial charge in [0.15, 0.2) is 0 Å². The molecule has 0 saturated carbocycles. The van der Waals surface area contributed by atoms with Crippen molar-refractivity contribution in [3.8, 4) is 11.1 Å². The van der Waals surface area contributed by atoms with Crippen LogP contribution in [0.2, 0.25) is 0 Å². The third-order valence-corrected chi connectivity index (χ3v) is 5.22. The predicted octanol–water partition coefficient (Wildman–Crippen LogP) is 4.25. The molecule has 33 heavy (non-hydrogen) atoms. The van der Waals surface area contributed by atoms with Crippen LogP contribution in [0.3, 0.4) is 0 Å². The van der Waals surface area contributed by atoms with E-state index in [4.69, 9.17) is 9.47 Å². The first kappa shape index (κ1) is 24.1. The molecule has 3 amide bonds. The zero-order valence-electron chi connectivity index (χ0n) is 19.4. The molecule has 0 fully saturated rings. The highest BCUT2D eigenvalue weighted by molar-refractivity contribution is 5.87. The Balaban J connectivity index is 1.53. The van der Waals surface area contributed by atoms with Crippen LogP contribution in [-0.2, 0) is 14.3 Å². The van der Waals surface area contributed by atoms with Gasteiger partial charge in [-0.2, -0.15) is 0 Å². The van der Waals surface area contributed by atoms with E-state index in [1.54, 1.807) is 20.8 Å². The van der Waals surface area contributed by atoms with Crippen molar-refractivity contribution in [3.63, 3.8) is 0 Å². The van der Waals surface area contributed by atoms with Gasteiger partial charge in [-0.3, -0.25) is 10.2 Å². The van der Waals surface area contributed by atoms with Gasteiger partial charge in [-0.15, -0.1) is 0 Å². The topological polar surface area (TPSA) is 106 Å². The molecule has 176 valence electrons. The number of amides is 3. The van der Waals surface area contributed by atoms with Crippen LogP contribution in [0.4, 0.5) is 9.59 Å². The maximum atomic E-state index is 12.5. The van der Waals surface area contributed by atoms with Gasteiger partial charge < -0.3 is 14.8 Å². The molecule has 2 aromatic carbocycles. The van der Waals surface area contributed by atoms with Crippen molar-refractivity contribution in [3.05, 3.63) is 59.7 Å². The zero-order valence-corrected chi connectivity index (χ0v) is 19.4. The lowest BCUT2D eigenvalue weighted by Gasteiger charge is -2.23. The van der Waals surface area contributed by atoms with Gasteiger partial charge in [-0.1, -0.05) is 61.9 Å². The van der Waals surface area contributed by atoms with Crippen LogP contribution in [-0.4, -0.2) is 36.3 Å². The highest BCUT2D eigenvalue weighted by Gasteiger charge is 2.29. The number of hydrogen-bond donors (Lipinski definition) is 3. The predicted molar refractivity (Wildman–Crippen MR) is 124 cm³/mol. The number of ether oxygens (including phenoxy) is 2. The van der Waals surface area contributed by atoms with Gasteiger partial charge in [0, 0.05) is 5.92 Å². The summed E-state index contributed by atoms with van der Waals surface area (Å²) in [6.07, 6.45) is -0.439. The molecule has 0 aromatic heterocycles. The summed E-state index contributed by atoms with van der Waals surface area (Å²) in [6.45, 7) is 7.22. The molecule has 3 rings (SSSR count). The first-order chi connectivity index (χ1) is 15.7. The fourth-order valence-corrected chi connectivity index (χ4v) is 3.84. The number of rotatable bonds is 6. The smallest absolute Gasteiger partial charge is 0.426 e. The first-order valence-corrected chi connectivity index (χ1v) is 11.1. The zero-order chi connectivity index (χ0) is 24.0. The Bertz CT molecular complexity index is 970. The lowest BCUT2D eigenvalue weighted by molar-refractivity contribution is -0.124. The molecule has 0 aliphatic heterocycles. The summed E-state index contributed by atoms with van der Waals surface area (Å²) in [7, 11) is 0. The number of carbonyl (C=O) groups is 3. The SMILES string of the molecule is CCC[C@@H](NC(=O)OC(C)(C)C)C(=O)NNC(=O)OCC1c2ccccc2-c2ccccc21. The van der Waals surface area contributed by atoms with Crippen molar-refractivity contribution >= 4 is 18.1 Å². The summed E-state index contributed by atoms with van der Waals surface area (Å²) in [5.41, 5.74) is 8.35. The standard InChI is InChI=1S/C25H31N3O5/c1-5-10-21(26-23(30)33-25(2,3)4)22(29)27-28-24(31)32-15-20-18-13-8-6-11-16(18)17-12-7-9-14-19(17)20/h6-9,11-14,20-21H,5,10,15H2,1-4H3,(H,26,30)(H,27,29)(H,28,31)/t21-/m1/s1. The van der Waals surface area contributed by atoms with E-state index in [9.17, 15) is 14.4 Å². The Morgan fingerprint density at radius 3 is 2.03 bits per heavy atom. The molecule has 0 unspecified atom stereocenters. The molecular weight excluding hydrogens is 422 g/mol. The lowest BCUT2D eigenvalue weighted by Crippen LogP contribution is -2.53. The summed E-state index contributed by atoms with van der Waals surface area (Å²) in [4.78, 5) is 36.7. The molecule has 8 nitrogen and oxygen atoms in total. The van der Waals surface area contributed by atoms with Gasteiger partial charge in [0.2, 0.25) is 0 Å². The Morgan fingerprint density at radius 1 is 0.909 bits per heavy atom. The molecular formula is C25H31N3O5. The van der Waals surface area contributed by atoms with Crippen molar-refractivity contribution in [2.45, 2.75) is 58.1 Å². The maximum absolute atomic E-state index is 12.5. The maximum Gasteiger partial charge on any atom is 0.426 e. The average Bonchev–Trinajstić information content (AvgIpc) is 3.08. The highest BCUT2D eigenvalue weighted by Crippen LogP contribution is 2.44. The Hall–Kier alpha value is -3.55. The van der Waals surface area contributed by atoms with Gasteiger partial charge in [0.25, 0.3) is 5.91 Å². The van der Waals surface area contributed by atoms with Crippen LogP contribution in [0, 0.1) is 0 Å². The van der Waals surface area contributed by atoms with Crippen LogP contribution < -0.4 is 16.2 Å². The second-order valence-electron chi connectivity index (χ2n) is 8.93. The Kier molecular flexibility index (Phi) is 7.58. The summed E-state index contributed by atoms with van der Waals surface area (Å²) >= 11 is 0. The van der Waals surface area contributed by atoms with E-state index in [2.05, 4.69) is 28.3 Å². The van der Waals surface area contributed by atoms with Crippen LogP contribution in [0.1, 0.15) is 57.6 Å². The molecule has 1 aliphatic carbocycles. The van der Waals surface area contributed by atoms with Crippen molar-refractivity contribution < 1.29 is 23.9 Å². The molecule has 0 saturated heterocycles. The minimum Gasteiger partial charge on any atom is -0.447 e. The molecule has 2 aromatic rings. The van der Waals surface area contributed by atoms with Crippen molar-refractivity contribution in [2.24, 2.45) is 0 Å². The monoisotopic (exact) mass is 453 g/mol. The Labute approximate surface area is 194 Å². The van der Waals surface area contributed by atoms with E-state index in [1.807, 2.05) is 43.3 Å². The molecule has 0 spiro atoms. The molecule has 0 heterocycles. The minimum absolute atomic E-state index is 0.0828. The number of nitrogens with one attached hydrogen (secondary N) is 3. The van der Waals surface area contributed by atoms with E-state index >= 15 is 0 Å². The molecule has 1 atom stereocenters. The van der Waals surface area contributed by atoms with Gasteiger partial charge in [-0.25, -0.2) is 15.0 Å². The molecule has 8 heteroatoms. The van der Waals surface area contributed by atoms with E-state index in [0.717, 1.165) is 22.3 Å². The van der Waals surface area contributed by atoms with Crippen LogP contribution in [0.15, 0.2) is 48.5 Å². The summed E-state index contributed by atoms with van der Waals surface area (Å²) < 4.78 is 10.6. The van der Waals surface area contributed by atoms with Gasteiger partial charge in [0.05, 0.1) is 0 Å². The fourth-order valence-electron chi connectivity index (χ4n) is 3.84. The molecule has 1 aliphatic rings. The van der Waals surface area contributed by atoms with Gasteiger partial charge in [0.1, 0.15) is 18.2 Å². The fraction of sp³-hybridized carbons (Fsp3) is 0.400. The average molecular weight is 454 g/mol. The highest BCUT2D eigenvalue weighted by atomic mass is 16.6. The first-order valence-electron chi connectivity index (χ1n) is 11.1. The number of hydrazine groups is 1. The number of carbonyl (C=O) groups excluding carboxylic acids is 3. The summed E-state index contributed by atoms with van der Waals surface area (Å²) in [5, 5.41) is 2.53. The number of hydrogen-bond acceptors (Lipinski definition) is 5. The summed E-state index contributed by atoms with van der Waals surface area (Å²) in [6, 6.07) is 15.2. The number of benzene rings is 2. The van der Waals surface area contributed by atoms with E-state index < -0.39 is 29.7 Å². The largest absolute Gasteiger partial charge is 0.447 e. The van der Waals surface area contributed by atoms with Crippen LogP contribution in [0.25, 0.3) is 11.1 Å². The van der Waals surface area contributed by atoms with Crippen LogP contribution in [0.5, 0.6) is 0 Å². The van der Waals surface area contributed by atoms with E-state index in [0.29, 0.717) is 12.8 Å². The Morgan fingerprint density at radius 2 is 1.48 bits per heavy atom. The van der Waals surface area contributed by atoms with Crippen LogP contribution >= 0.6 is 0 Å². The number of alkyl carbamates (subject to hydrolysis) is 1. The van der Waals surface area contributed by atoms with E-state index in [-0.39, 0.29) is 12.5 Å². The molecule has 3 N–H and O–H groups in total. The second kappa shape index (κ2) is 10.4. The quantitative estimate of drug-likeness (QED) is 0.567. The molecule has 0 radical (unpaired) electrons. The van der Waals surface area contributed by atoms with E-state index in [1.165, 1.54) is 0 Å². The lowest BCUT2D eigenvalue weighted by atomic mass is 9.98. The number of fused-ring (bicyclic) bond motifs is 3. The second-order valence-corrected chi connectivity index (χ2v) is 8.93. The van der Waals surface area contributed by atoms with Gasteiger partial charge in [-0.05, 0) is 49.4 Å². The van der Waals surface area contributed by atoms with Crippen molar-refractivity contribution in [1.82, 2.24) is 16.2 Å². The van der Waals surface area contributed by atoms with Gasteiger partial charge >= 0.3 is 12.2 Å². The molecule has 0 bridgehead atoms. The minimum atomic E-state index is -0.848. The third-order valence-electron chi connectivity index (χ3n) is 5.22. The van der Waals surface area contributed by atoms with Crippen molar-refractivity contribution in [1.29, 1.82) is 0 Å². The van der Waals surface area contributed by atoms with Crippen molar-refractivity contribution in [2.75, 3.05) is 6.61 Å². The summed E-state index contributed by atoms with van der Waals surface area (Å²) in [5.74, 6) is -0.642. The normalized spacial score (nSPS) is 13.3.